The lowest BCUT2D eigenvalue weighted by atomic mass is 10.1. The van der Waals surface area contributed by atoms with E-state index in [0.717, 1.165) is 21.2 Å². The van der Waals surface area contributed by atoms with Gasteiger partial charge < -0.3 is 4.90 Å². The molecule has 1 N–H and O–H groups in total. The van der Waals surface area contributed by atoms with E-state index in [1.165, 1.54) is 11.3 Å². The monoisotopic (exact) mass is 484 g/mol. The van der Waals surface area contributed by atoms with Crippen LogP contribution in [0.2, 0.25) is 0 Å². The van der Waals surface area contributed by atoms with Crippen LogP contribution in [0.25, 0.3) is 0 Å². The van der Waals surface area contributed by atoms with E-state index in [0.29, 0.717) is 28.9 Å². The second-order valence-corrected chi connectivity index (χ2v) is 11.1. The molecule has 166 valence electrons. The highest BCUT2D eigenvalue weighted by molar-refractivity contribution is 8.01. The minimum absolute atomic E-state index is 0.0523. The summed E-state index contributed by atoms with van der Waals surface area (Å²) in [4.78, 5) is 27.0. The normalized spacial score (nSPS) is 16.0. The summed E-state index contributed by atoms with van der Waals surface area (Å²) in [6, 6.07) is 17.4. The molecule has 0 aliphatic carbocycles. The van der Waals surface area contributed by atoms with Crippen molar-refractivity contribution in [2.45, 2.75) is 30.1 Å². The summed E-state index contributed by atoms with van der Waals surface area (Å²) < 4.78 is 0.853. The molecule has 3 aromatic rings. The third kappa shape index (κ3) is 5.70. The summed E-state index contributed by atoms with van der Waals surface area (Å²) in [5.74, 6) is 1.91. The van der Waals surface area contributed by atoms with E-state index in [9.17, 15) is 9.59 Å². The van der Waals surface area contributed by atoms with Crippen LogP contribution in [0.15, 0.2) is 58.9 Å². The second-order valence-electron chi connectivity index (χ2n) is 7.82. The van der Waals surface area contributed by atoms with Crippen LogP contribution in [0.3, 0.4) is 0 Å². The molecule has 2 heterocycles. The molecule has 1 saturated heterocycles. The first-order valence-corrected chi connectivity index (χ1v) is 13.2. The Balaban J connectivity index is 1.40. The van der Waals surface area contributed by atoms with Crippen molar-refractivity contribution in [3.8, 4) is 0 Å². The fourth-order valence-electron chi connectivity index (χ4n) is 3.21. The van der Waals surface area contributed by atoms with E-state index in [1.807, 2.05) is 47.4 Å². The SMILES string of the molecule is CC(C)CSc1nnc(NC(=O)c2ccc([C@@H]3SCC(=O)N3Cc3ccccc3)cc2)s1. The summed E-state index contributed by atoms with van der Waals surface area (Å²) in [6.07, 6.45) is 0. The number of thioether (sulfide) groups is 2. The molecule has 1 fully saturated rings. The van der Waals surface area contributed by atoms with Crippen LogP contribution < -0.4 is 5.32 Å². The van der Waals surface area contributed by atoms with Gasteiger partial charge in [0.2, 0.25) is 11.0 Å². The first kappa shape index (κ1) is 22.8. The Labute approximate surface area is 200 Å². The van der Waals surface area contributed by atoms with Crippen molar-refractivity contribution in [3.05, 3.63) is 71.3 Å². The topological polar surface area (TPSA) is 75.2 Å². The van der Waals surface area contributed by atoms with Gasteiger partial charge in [-0.3, -0.25) is 14.9 Å². The van der Waals surface area contributed by atoms with E-state index in [4.69, 9.17) is 0 Å². The maximum Gasteiger partial charge on any atom is 0.257 e. The van der Waals surface area contributed by atoms with Crippen LogP contribution >= 0.6 is 34.9 Å². The third-order valence-electron chi connectivity index (χ3n) is 4.79. The minimum atomic E-state index is -0.218. The molecule has 0 saturated carbocycles. The van der Waals surface area contributed by atoms with Gasteiger partial charge in [-0.25, -0.2) is 0 Å². The average molecular weight is 485 g/mol. The summed E-state index contributed by atoms with van der Waals surface area (Å²) in [7, 11) is 0. The molecule has 6 nitrogen and oxygen atoms in total. The molecular weight excluding hydrogens is 460 g/mol. The highest BCUT2D eigenvalue weighted by Gasteiger charge is 2.32. The van der Waals surface area contributed by atoms with Crippen LogP contribution in [0.1, 0.15) is 40.7 Å². The fraction of sp³-hybridized carbons (Fsp3) is 0.304. The van der Waals surface area contributed by atoms with E-state index in [-0.39, 0.29) is 17.2 Å². The predicted molar refractivity (Wildman–Crippen MR) is 132 cm³/mol. The molecule has 1 aliphatic rings. The zero-order chi connectivity index (χ0) is 22.5. The highest BCUT2D eigenvalue weighted by atomic mass is 32.2. The molecule has 2 amide bonds. The van der Waals surface area contributed by atoms with Gasteiger partial charge in [0.05, 0.1) is 5.75 Å². The standard InChI is InChI=1S/C23H24N4O2S3/c1-15(2)13-31-23-26-25-22(32-23)24-20(29)17-8-10-18(11-9-17)21-27(19(28)14-30-21)12-16-6-4-3-5-7-16/h3-11,15,21H,12-14H2,1-2H3,(H,24,25,29)/t21-/m0/s1. The Morgan fingerprint density at radius 3 is 2.62 bits per heavy atom. The molecular formula is C23H24N4O2S3. The van der Waals surface area contributed by atoms with Crippen molar-refractivity contribution in [2.75, 3.05) is 16.8 Å². The lowest BCUT2D eigenvalue weighted by Crippen LogP contribution is -2.27. The van der Waals surface area contributed by atoms with E-state index >= 15 is 0 Å². The maximum absolute atomic E-state index is 12.6. The summed E-state index contributed by atoms with van der Waals surface area (Å²) in [5.41, 5.74) is 2.66. The van der Waals surface area contributed by atoms with Gasteiger partial charge in [-0.2, -0.15) is 0 Å². The number of hydrogen-bond acceptors (Lipinski definition) is 7. The Morgan fingerprint density at radius 1 is 1.16 bits per heavy atom. The number of carbonyl (C=O) groups excluding carboxylic acids is 2. The lowest BCUT2D eigenvalue weighted by molar-refractivity contribution is -0.128. The van der Waals surface area contributed by atoms with Gasteiger partial charge in [-0.15, -0.1) is 22.0 Å². The largest absolute Gasteiger partial charge is 0.322 e. The van der Waals surface area contributed by atoms with Crippen molar-refractivity contribution >= 4 is 51.8 Å². The molecule has 1 atom stereocenters. The zero-order valence-corrected chi connectivity index (χ0v) is 20.3. The number of nitrogens with zero attached hydrogens (tertiary/aromatic N) is 3. The smallest absolute Gasteiger partial charge is 0.257 e. The Kier molecular flexibility index (Phi) is 7.49. The van der Waals surface area contributed by atoms with Crippen LogP contribution in [0.5, 0.6) is 0 Å². The lowest BCUT2D eigenvalue weighted by Gasteiger charge is -2.24. The molecule has 32 heavy (non-hydrogen) atoms. The highest BCUT2D eigenvalue weighted by Crippen LogP contribution is 2.39. The summed E-state index contributed by atoms with van der Waals surface area (Å²) in [5, 5.41) is 11.5. The molecule has 0 unspecified atom stereocenters. The number of amides is 2. The van der Waals surface area contributed by atoms with Gasteiger partial charge >= 0.3 is 0 Å². The number of carbonyl (C=O) groups is 2. The van der Waals surface area contributed by atoms with Crippen LogP contribution in [-0.4, -0.2) is 38.4 Å². The van der Waals surface area contributed by atoms with Gasteiger partial charge in [-0.1, -0.05) is 79.4 Å². The number of rotatable bonds is 8. The maximum atomic E-state index is 12.6. The quantitative estimate of drug-likeness (QED) is 0.345. The summed E-state index contributed by atoms with van der Waals surface area (Å²) >= 11 is 4.65. The summed E-state index contributed by atoms with van der Waals surface area (Å²) in [6.45, 7) is 4.89. The van der Waals surface area contributed by atoms with Gasteiger partial charge in [0.1, 0.15) is 5.37 Å². The number of anilines is 1. The number of aromatic nitrogens is 2. The number of hydrogen-bond donors (Lipinski definition) is 1. The van der Waals surface area contributed by atoms with Gasteiger partial charge in [0, 0.05) is 17.9 Å². The van der Waals surface area contributed by atoms with Crippen LogP contribution in [0, 0.1) is 5.92 Å². The Hall–Kier alpha value is -2.36. The van der Waals surface area contributed by atoms with Crippen molar-refractivity contribution in [2.24, 2.45) is 5.92 Å². The van der Waals surface area contributed by atoms with Gasteiger partial charge in [0.15, 0.2) is 4.34 Å². The van der Waals surface area contributed by atoms with Crippen LogP contribution in [0.4, 0.5) is 5.13 Å². The van der Waals surface area contributed by atoms with Gasteiger partial charge in [-0.05, 0) is 29.2 Å². The molecule has 0 radical (unpaired) electrons. The van der Waals surface area contributed by atoms with Gasteiger partial charge in [0.25, 0.3) is 5.91 Å². The molecule has 2 aromatic carbocycles. The number of benzene rings is 2. The zero-order valence-electron chi connectivity index (χ0n) is 17.9. The minimum Gasteiger partial charge on any atom is -0.322 e. The molecule has 9 heteroatoms. The first-order valence-electron chi connectivity index (χ1n) is 10.3. The van der Waals surface area contributed by atoms with Crippen molar-refractivity contribution in [1.29, 1.82) is 0 Å². The molecule has 0 spiro atoms. The Morgan fingerprint density at radius 2 is 1.91 bits per heavy atom. The van der Waals surface area contributed by atoms with Crippen molar-refractivity contribution < 1.29 is 9.59 Å². The molecule has 1 aromatic heterocycles. The van der Waals surface area contributed by atoms with E-state index in [2.05, 4.69) is 29.4 Å². The van der Waals surface area contributed by atoms with Crippen molar-refractivity contribution in [1.82, 2.24) is 15.1 Å². The predicted octanol–water partition coefficient (Wildman–Crippen LogP) is 5.31. The van der Waals surface area contributed by atoms with E-state index < -0.39 is 0 Å². The number of nitrogens with one attached hydrogen (secondary N) is 1. The van der Waals surface area contributed by atoms with Crippen molar-refractivity contribution in [3.63, 3.8) is 0 Å². The average Bonchev–Trinajstić information content (AvgIpc) is 3.39. The molecule has 0 bridgehead atoms. The van der Waals surface area contributed by atoms with E-state index in [1.54, 1.807) is 35.7 Å². The fourth-order valence-corrected chi connectivity index (χ4v) is 6.12. The molecule has 4 rings (SSSR count). The third-order valence-corrected chi connectivity index (χ3v) is 8.44. The Bertz CT molecular complexity index is 1070. The molecule has 1 aliphatic heterocycles. The van der Waals surface area contributed by atoms with Crippen LogP contribution in [-0.2, 0) is 11.3 Å². The second kappa shape index (κ2) is 10.5. The first-order chi connectivity index (χ1) is 15.5.